The van der Waals surface area contributed by atoms with Gasteiger partial charge in [0.2, 0.25) is 0 Å². The molecule has 2 heterocycles. The summed E-state index contributed by atoms with van der Waals surface area (Å²) in [6.07, 6.45) is 0.840. The number of nitrogens with zero attached hydrogens (tertiary/aromatic N) is 4. The minimum Gasteiger partial charge on any atom is -0.377 e. The topological polar surface area (TPSA) is 85.7 Å². The summed E-state index contributed by atoms with van der Waals surface area (Å²) in [6.45, 7) is 2.87. The van der Waals surface area contributed by atoms with Crippen molar-refractivity contribution in [2.45, 2.75) is 36.7 Å². The van der Waals surface area contributed by atoms with Crippen LogP contribution in [0.4, 0.5) is 0 Å². The zero-order valence-electron chi connectivity index (χ0n) is 11.1. The van der Waals surface area contributed by atoms with Crippen LogP contribution in [0.25, 0.3) is 0 Å². The van der Waals surface area contributed by atoms with E-state index in [9.17, 15) is 4.79 Å². The van der Waals surface area contributed by atoms with E-state index in [0.717, 1.165) is 6.42 Å². The van der Waals surface area contributed by atoms with Crippen molar-refractivity contribution in [1.82, 2.24) is 24.7 Å². The van der Waals surface area contributed by atoms with Gasteiger partial charge in [-0.05, 0) is 18.2 Å². The molecule has 7 nitrogen and oxygen atoms in total. The Morgan fingerprint density at radius 3 is 3.00 bits per heavy atom. The maximum atomic E-state index is 11.6. The van der Waals surface area contributed by atoms with Gasteiger partial charge in [-0.15, -0.1) is 5.10 Å². The van der Waals surface area contributed by atoms with Crippen LogP contribution in [0.1, 0.15) is 19.2 Å². The van der Waals surface area contributed by atoms with Gasteiger partial charge < -0.3 is 4.74 Å². The van der Waals surface area contributed by atoms with Crippen LogP contribution >= 0.6 is 23.4 Å². The molecule has 0 aromatic carbocycles. The summed E-state index contributed by atoms with van der Waals surface area (Å²) in [7, 11) is 1.56. The molecule has 0 bridgehead atoms. The third-order valence-electron chi connectivity index (χ3n) is 2.36. The largest absolute Gasteiger partial charge is 0.377 e. The SMILES string of the molecule is CCCn1c(Sc2cc(Cl)nc(COC)n2)n[nH]c1=O. The number of hydrogen-bond donors (Lipinski definition) is 1. The fourth-order valence-corrected chi connectivity index (χ4v) is 2.73. The Balaban J connectivity index is 2.27. The molecular formula is C11H14ClN5O2S. The van der Waals surface area contributed by atoms with Crippen LogP contribution in [0.2, 0.25) is 5.15 Å². The maximum absolute atomic E-state index is 11.6. The molecule has 0 saturated carbocycles. The first kappa shape index (κ1) is 15.0. The van der Waals surface area contributed by atoms with E-state index in [0.29, 0.717) is 27.7 Å². The number of nitrogens with one attached hydrogen (secondary N) is 1. The molecule has 2 aromatic rings. The second kappa shape index (κ2) is 6.87. The monoisotopic (exact) mass is 315 g/mol. The van der Waals surface area contributed by atoms with Gasteiger partial charge in [-0.3, -0.25) is 4.57 Å². The molecule has 0 aliphatic rings. The minimum absolute atomic E-state index is 0.230. The number of hydrogen-bond acceptors (Lipinski definition) is 6. The Hall–Kier alpha value is -1.38. The zero-order valence-corrected chi connectivity index (χ0v) is 12.7. The molecule has 1 N–H and O–H groups in total. The molecule has 0 saturated heterocycles. The third-order valence-corrected chi connectivity index (χ3v) is 3.46. The molecule has 0 amide bonds. The van der Waals surface area contributed by atoms with Crippen LogP contribution in [0.3, 0.4) is 0 Å². The number of rotatable bonds is 6. The Labute approximate surface area is 124 Å². The zero-order chi connectivity index (χ0) is 14.5. The van der Waals surface area contributed by atoms with E-state index >= 15 is 0 Å². The van der Waals surface area contributed by atoms with Crippen molar-refractivity contribution in [2.24, 2.45) is 0 Å². The number of aromatic amines is 1. The normalized spacial score (nSPS) is 10.9. The van der Waals surface area contributed by atoms with Gasteiger partial charge in [0.15, 0.2) is 11.0 Å². The summed E-state index contributed by atoms with van der Waals surface area (Å²) in [5, 5.41) is 7.92. The van der Waals surface area contributed by atoms with E-state index in [1.807, 2.05) is 6.92 Å². The first-order valence-electron chi connectivity index (χ1n) is 5.99. The summed E-state index contributed by atoms with van der Waals surface area (Å²) < 4.78 is 6.55. The standard InChI is InChI=1S/C11H14ClN5O2S/c1-3-4-17-10(18)15-16-11(17)20-9-5-7(12)13-8(14-9)6-19-2/h5H,3-4,6H2,1-2H3,(H,15,18). The van der Waals surface area contributed by atoms with Crippen LogP contribution in [0.5, 0.6) is 0 Å². The maximum Gasteiger partial charge on any atom is 0.343 e. The van der Waals surface area contributed by atoms with Crippen molar-refractivity contribution in [3.05, 3.63) is 27.5 Å². The molecule has 0 fully saturated rings. The molecule has 2 aromatic heterocycles. The lowest BCUT2D eigenvalue weighted by molar-refractivity contribution is 0.177. The Morgan fingerprint density at radius 2 is 2.30 bits per heavy atom. The van der Waals surface area contributed by atoms with Crippen molar-refractivity contribution < 1.29 is 4.74 Å². The second-order valence-electron chi connectivity index (χ2n) is 3.94. The van der Waals surface area contributed by atoms with Gasteiger partial charge in [0, 0.05) is 19.7 Å². The van der Waals surface area contributed by atoms with Crippen molar-refractivity contribution in [1.29, 1.82) is 0 Å². The fraction of sp³-hybridized carbons (Fsp3) is 0.455. The molecule has 0 unspecified atom stereocenters. The van der Waals surface area contributed by atoms with Gasteiger partial charge in [0.25, 0.3) is 0 Å². The lowest BCUT2D eigenvalue weighted by Crippen LogP contribution is -2.17. The quantitative estimate of drug-likeness (QED) is 0.817. The molecule has 0 aliphatic heterocycles. The minimum atomic E-state index is -0.230. The molecule has 0 spiro atoms. The average molecular weight is 316 g/mol. The Morgan fingerprint density at radius 1 is 1.50 bits per heavy atom. The van der Waals surface area contributed by atoms with Gasteiger partial charge >= 0.3 is 5.69 Å². The van der Waals surface area contributed by atoms with Crippen LogP contribution in [-0.4, -0.2) is 31.8 Å². The molecule has 0 radical (unpaired) electrons. The van der Waals surface area contributed by atoms with Crippen molar-refractivity contribution in [2.75, 3.05) is 7.11 Å². The van der Waals surface area contributed by atoms with Crippen LogP contribution in [-0.2, 0) is 17.9 Å². The van der Waals surface area contributed by atoms with Crippen molar-refractivity contribution in [3.8, 4) is 0 Å². The van der Waals surface area contributed by atoms with E-state index in [2.05, 4.69) is 20.2 Å². The van der Waals surface area contributed by atoms with E-state index < -0.39 is 0 Å². The van der Waals surface area contributed by atoms with Crippen molar-refractivity contribution >= 4 is 23.4 Å². The van der Waals surface area contributed by atoms with E-state index in [4.69, 9.17) is 16.3 Å². The van der Waals surface area contributed by atoms with Crippen LogP contribution in [0.15, 0.2) is 21.0 Å². The predicted octanol–water partition coefficient (Wildman–Crippen LogP) is 1.72. The van der Waals surface area contributed by atoms with Crippen molar-refractivity contribution in [3.63, 3.8) is 0 Å². The molecule has 20 heavy (non-hydrogen) atoms. The summed E-state index contributed by atoms with van der Waals surface area (Å²) in [6, 6.07) is 1.63. The molecule has 108 valence electrons. The summed E-state index contributed by atoms with van der Waals surface area (Å²) in [5.41, 5.74) is -0.230. The number of methoxy groups -OCH3 is 1. The Kier molecular flexibility index (Phi) is 5.16. The lowest BCUT2D eigenvalue weighted by atomic mass is 10.5. The summed E-state index contributed by atoms with van der Waals surface area (Å²) in [5.74, 6) is 0.488. The smallest absolute Gasteiger partial charge is 0.343 e. The highest BCUT2D eigenvalue weighted by Crippen LogP contribution is 2.25. The highest BCUT2D eigenvalue weighted by molar-refractivity contribution is 7.99. The first-order chi connectivity index (χ1) is 9.63. The Bertz CT molecular complexity index is 642. The van der Waals surface area contributed by atoms with E-state index in [-0.39, 0.29) is 12.3 Å². The summed E-state index contributed by atoms with van der Waals surface area (Å²) in [4.78, 5) is 20.0. The average Bonchev–Trinajstić information content (AvgIpc) is 2.72. The fourth-order valence-electron chi connectivity index (χ4n) is 1.58. The second-order valence-corrected chi connectivity index (χ2v) is 5.32. The number of ether oxygens (including phenoxy) is 1. The van der Waals surface area contributed by atoms with Gasteiger partial charge in [0.1, 0.15) is 16.8 Å². The molecule has 2 rings (SSSR count). The van der Waals surface area contributed by atoms with Gasteiger partial charge in [-0.25, -0.2) is 19.9 Å². The van der Waals surface area contributed by atoms with Gasteiger partial charge in [-0.2, -0.15) is 0 Å². The molecular weight excluding hydrogens is 302 g/mol. The molecule has 0 aliphatic carbocycles. The number of halogens is 1. The predicted molar refractivity (Wildman–Crippen MR) is 75.0 cm³/mol. The summed E-state index contributed by atoms with van der Waals surface area (Å²) >= 11 is 7.20. The number of aromatic nitrogens is 5. The lowest BCUT2D eigenvalue weighted by Gasteiger charge is -2.05. The molecule has 9 heteroatoms. The third kappa shape index (κ3) is 3.59. The van der Waals surface area contributed by atoms with Gasteiger partial charge in [-0.1, -0.05) is 18.5 Å². The molecule has 0 atom stereocenters. The highest BCUT2D eigenvalue weighted by Gasteiger charge is 2.12. The van der Waals surface area contributed by atoms with Crippen LogP contribution < -0.4 is 5.69 Å². The highest BCUT2D eigenvalue weighted by atomic mass is 35.5. The van der Waals surface area contributed by atoms with Crippen LogP contribution in [0, 0.1) is 0 Å². The first-order valence-corrected chi connectivity index (χ1v) is 7.19. The van der Waals surface area contributed by atoms with Gasteiger partial charge in [0.05, 0.1) is 0 Å². The van der Waals surface area contributed by atoms with E-state index in [1.54, 1.807) is 17.7 Å². The number of H-pyrrole nitrogens is 1. The van der Waals surface area contributed by atoms with E-state index in [1.165, 1.54) is 11.8 Å².